The average Bonchev–Trinajstić information content (AvgIpc) is 2.96. The Bertz CT molecular complexity index is 1040. The maximum atomic E-state index is 13.7. The van der Waals surface area contributed by atoms with Gasteiger partial charge >= 0.3 is 0 Å². The Morgan fingerprint density at radius 2 is 1.77 bits per heavy atom. The zero-order valence-corrected chi connectivity index (χ0v) is 14.8. The molecule has 1 aliphatic heterocycles. The fraction of sp³-hybridized carbons (Fsp3) is 0.188. The third-order valence-corrected chi connectivity index (χ3v) is 5.93. The second-order valence-electron chi connectivity index (χ2n) is 5.54. The summed E-state index contributed by atoms with van der Waals surface area (Å²) in [4.78, 5) is 4.20. The Kier molecular flexibility index (Phi) is 4.16. The molecule has 26 heavy (non-hydrogen) atoms. The summed E-state index contributed by atoms with van der Waals surface area (Å²) < 4.78 is 65.8. The SMILES string of the molecule is O=S(=O)(Cc1c(F)cccc1F)Nc1nc2cc3c(cc2s1)OCCO3. The molecule has 2 heterocycles. The van der Waals surface area contributed by atoms with E-state index in [1.165, 1.54) is 6.07 Å². The molecule has 0 aliphatic carbocycles. The maximum absolute atomic E-state index is 13.7. The van der Waals surface area contributed by atoms with Crippen LogP contribution in [0.4, 0.5) is 13.9 Å². The number of halogens is 2. The highest BCUT2D eigenvalue weighted by Gasteiger charge is 2.21. The van der Waals surface area contributed by atoms with E-state index in [-0.39, 0.29) is 5.13 Å². The van der Waals surface area contributed by atoms with Crippen LogP contribution in [0.1, 0.15) is 5.56 Å². The van der Waals surface area contributed by atoms with Crippen LogP contribution in [0.25, 0.3) is 10.2 Å². The van der Waals surface area contributed by atoms with Crippen molar-refractivity contribution in [2.24, 2.45) is 0 Å². The molecule has 0 radical (unpaired) electrons. The number of fused-ring (bicyclic) bond motifs is 2. The quantitative estimate of drug-likeness (QED) is 0.730. The molecule has 2 aromatic carbocycles. The summed E-state index contributed by atoms with van der Waals surface area (Å²) in [6.45, 7) is 0.862. The van der Waals surface area contributed by atoms with Crippen LogP contribution in [0.5, 0.6) is 11.5 Å². The van der Waals surface area contributed by atoms with Gasteiger partial charge in [-0.25, -0.2) is 22.2 Å². The van der Waals surface area contributed by atoms with Crippen molar-refractivity contribution in [3.63, 3.8) is 0 Å². The van der Waals surface area contributed by atoms with Crippen molar-refractivity contribution in [3.8, 4) is 11.5 Å². The van der Waals surface area contributed by atoms with Gasteiger partial charge in [-0.1, -0.05) is 17.4 Å². The third kappa shape index (κ3) is 3.29. The van der Waals surface area contributed by atoms with Crippen molar-refractivity contribution in [1.29, 1.82) is 0 Å². The molecule has 3 aromatic rings. The molecule has 4 rings (SSSR count). The van der Waals surface area contributed by atoms with Crippen molar-refractivity contribution >= 4 is 36.7 Å². The van der Waals surface area contributed by atoms with E-state index in [4.69, 9.17) is 9.47 Å². The molecule has 0 saturated heterocycles. The van der Waals surface area contributed by atoms with Gasteiger partial charge in [-0.3, -0.25) is 4.72 Å². The lowest BCUT2D eigenvalue weighted by Gasteiger charge is -2.17. The molecular weight excluding hydrogens is 386 g/mol. The second-order valence-corrected chi connectivity index (χ2v) is 8.30. The van der Waals surface area contributed by atoms with E-state index in [1.807, 2.05) is 0 Å². The highest BCUT2D eigenvalue weighted by Crippen LogP contribution is 2.38. The number of sulfonamides is 1. The first-order valence-electron chi connectivity index (χ1n) is 7.55. The summed E-state index contributed by atoms with van der Waals surface area (Å²) in [5.41, 5.74) is 0.0207. The lowest BCUT2D eigenvalue weighted by molar-refractivity contribution is 0.172. The third-order valence-electron chi connectivity index (χ3n) is 3.69. The zero-order chi connectivity index (χ0) is 18.3. The zero-order valence-electron chi connectivity index (χ0n) is 13.2. The van der Waals surface area contributed by atoms with E-state index >= 15 is 0 Å². The van der Waals surface area contributed by atoms with Crippen LogP contribution in [-0.4, -0.2) is 26.6 Å². The molecule has 0 atom stereocenters. The largest absolute Gasteiger partial charge is 0.486 e. The minimum Gasteiger partial charge on any atom is -0.486 e. The molecular formula is C16H12F2N2O4S2. The van der Waals surface area contributed by atoms with Gasteiger partial charge in [0.15, 0.2) is 16.6 Å². The van der Waals surface area contributed by atoms with Crippen LogP contribution in [0, 0.1) is 11.6 Å². The van der Waals surface area contributed by atoms with Gasteiger partial charge < -0.3 is 9.47 Å². The number of benzene rings is 2. The molecule has 0 bridgehead atoms. The van der Waals surface area contributed by atoms with Gasteiger partial charge in [0.1, 0.15) is 30.6 Å². The molecule has 0 fully saturated rings. The molecule has 0 spiro atoms. The van der Waals surface area contributed by atoms with Crippen molar-refractivity contribution in [3.05, 3.63) is 47.5 Å². The average molecular weight is 398 g/mol. The van der Waals surface area contributed by atoms with Gasteiger partial charge in [0.25, 0.3) is 0 Å². The Morgan fingerprint density at radius 1 is 1.12 bits per heavy atom. The predicted octanol–water partition coefficient (Wildman–Crippen LogP) is 3.29. The first-order chi connectivity index (χ1) is 12.4. The summed E-state index contributed by atoms with van der Waals surface area (Å²) in [7, 11) is -4.04. The van der Waals surface area contributed by atoms with Crippen LogP contribution in [0.15, 0.2) is 30.3 Å². The van der Waals surface area contributed by atoms with Crippen LogP contribution >= 0.6 is 11.3 Å². The monoisotopic (exact) mass is 398 g/mol. The summed E-state index contributed by atoms with van der Waals surface area (Å²) in [6, 6.07) is 6.57. The van der Waals surface area contributed by atoms with E-state index in [9.17, 15) is 17.2 Å². The number of thiazole rings is 1. The van der Waals surface area contributed by atoms with Gasteiger partial charge in [0, 0.05) is 17.7 Å². The van der Waals surface area contributed by atoms with Crippen LogP contribution in [0.2, 0.25) is 0 Å². The minimum atomic E-state index is -4.04. The normalized spacial score (nSPS) is 13.8. The van der Waals surface area contributed by atoms with E-state index < -0.39 is 33.0 Å². The van der Waals surface area contributed by atoms with E-state index in [1.54, 1.807) is 12.1 Å². The number of ether oxygens (including phenoxy) is 2. The summed E-state index contributed by atoms with van der Waals surface area (Å²) in [5, 5.41) is 0.0964. The number of nitrogens with one attached hydrogen (secondary N) is 1. The van der Waals surface area contributed by atoms with E-state index in [0.29, 0.717) is 34.9 Å². The fourth-order valence-corrected chi connectivity index (χ4v) is 4.85. The summed E-state index contributed by atoms with van der Waals surface area (Å²) >= 11 is 1.09. The lowest BCUT2D eigenvalue weighted by Crippen LogP contribution is -2.16. The van der Waals surface area contributed by atoms with Gasteiger partial charge in [-0.2, -0.15) is 0 Å². The molecule has 0 amide bonds. The van der Waals surface area contributed by atoms with Gasteiger partial charge in [0.2, 0.25) is 10.0 Å². The number of nitrogens with zero attached hydrogens (tertiary/aromatic N) is 1. The van der Waals surface area contributed by atoms with Gasteiger partial charge in [-0.05, 0) is 12.1 Å². The van der Waals surface area contributed by atoms with Crippen LogP contribution < -0.4 is 14.2 Å². The Balaban J connectivity index is 1.61. The first-order valence-corrected chi connectivity index (χ1v) is 10.0. The first kappa shape index (κ1) is 17.0. The standard InChI is InChI=1S/C16H12F2N2O4S2/c17-10-2-1-3-11(18)9(10)8-26(21,22)20-16-19-12-6-13-14(7-15(12)25-16)24-5-4-23-13/h1-3,6-7H,4-5,8H2,(H,19,20). The highest BCUT2D eigenvalue weighted by molar-refractivity contribution is 7.92. The molecule has 0 saturated carbocycles. The van der Waals surface area contributed by atoms with Crippen molar-refractivity contribution < 1.29 is 26.7 Å². The Hall–Kier alpha value is -2.46. The van der Waals surface area contributed by atoms with Crippen molar-refractivity contribution in [1.82, 2.24) is 4.98 Å². The topological polar surface area (TPSA) is 77.5 Å². The molecule has 1 aliphatic rings. The number of aromatic nitrogens is 1. The molecule has 1 N–H and O–H groups in total. The summed E-state index contributed by atoms with van der Waals surface area (Å²) in [6.07, 6.45) is 0. The predicted molar refractivity (Wildman–Crippen MR) is 93.2 cm³/mol. The minimum absolute atomic E-state index is 0.0964. The second kappa shape index (κ2) is 6.36. The number of anilines is 1. The fourth-order valence-electron chi connectivity index (χ4n) is 2.54. The molecule has 136 valence electrons. The van der Waals surface area contributed by atoms with Crippen LogP contribution in [0.3, 0.4) is 0 Å². The molecule has 0 unspecified atom stereocenters. The number of hydrogen-bond acceptors (Lipinski definition) is 6. The van der Waals surface area contributed by atoms with Gasteiger partial charge in [-0.15, -0.1) is 0 Å². The Labute approximate surface area is 151 Å². The van der Waals surface area contributed by atoms with E-state index in [0.717, 1.165) is 23.5 Å². The summed E-state index contributed by atoms with van der Waals surface area (Å²) in [5.74, 6) is -1.56. The van der Waals surface area contributed by atoms with Crippen molar-refractivity contribution in [2.75, 3.05) is 17.9 Å². The van der Waals surface area contributed by atoms with Crippen LogP contribution in [-0.2, 0) is 15.8 Å². The van der Waals surface area contributed by atoms with Crippen molar-refractivity contribution in [2.45, 2.75) is 5.75 Å². The number of rotatable bonds is 4. The smallest absolute Gasteiger partial charge is 0.238 e. The molecule has 1 aromatic heterocycles. The molecule has 6 nitrogen and oxygen atoms in total. The van der Waals surface area contributed by atoms with E-state index in [2.05, 4.69) is 9.71 Å². The maximum Gasteiger partial charge on any atom is 0.238 e. The Morgan fingerprint density at radius 3 is 2.46 bits per heavy atom. The highest BCUT2D eigenvalue weighted by atomic mass is 32.2. The lowest BCUT2D eigenvalue weighted by atomic mass is 10.2. The molecule has 10 heteroatoms. The number of hydrogen-bond donors (Lipinski definition) is 1. The van der Waals surface area contributed by atoms with Gasteiger partial charge in [0.05, 0.1) is 10.2 Å².